The second kappa shape index (κ2) is 13.6. The molecule has 1 aromatic rings. The Labute approximate surface area is 176 Å². The number of hydrogen-bond donors (Lipinski definition) is 1. The summed E-state index contributed by atoms with van der Waals surface area (Å²) in [5, 5.41) is 0. The first-order valence-corrected chi connectivity index (χ1v) is 13.8. The summed E-state index contributed by atoms with van der Waals surface area (Å²) in [4.78, 5) is -1.56. The fourth-order valence-corrected chi connectivity index (χ4v) is 7.08. The summed E-state index contributed by atoms with van der Waals surface area (Å²) in [6, 6.07) is 8.32. The molecule has 1 unspecified atom stereocenters. The monoisotopic (exact) mass is 448 g/mol. The second-order valence-corrected chi connectivity index (χ2v) is 11.4. The lowest BCUT2D eigenvalue weighted by Crippen LogP contribution is -2.23. The maximum atomic E-state index is 12.8. The van der Waals surface area contributed by atoms with Gasteiger partial charge in [-0.15, -0.1) is 0 Å². The average molecular weight is 449 g/mol. The third-order valence-corrected chi connectivity index (χ3v) is 9.52. The molecule has 0 aliphatic heterocycles. The Morgan fingerprint density at radius 2 is 1.34 bits per heavy atom. The zero-order chi connectivity index (χ0) is 21.8. The predicted octanol–water partition coefficient (Wildman–Crippen LogP) is 6.00. The molecule has 1 aromatic carbocycles. The van der Waals surface area contributed by atoms with E-state index in [1.54, 1.807) is 13.8 Å². The third-order valence-electron chi connectivity index (χ3n) is 4.82. The Bertz CT molecular complexity index is 707. The molecule has 0 aliphatic carbocycles. The lowest BCUT2D eigenvalue weighted by atomic mass is 10.0. The van der Waals surface area contributed by atoms with Crippen molar-refractivity contribution in [2.75, 3.05) is 13.2 Å². The Morgan fingerprint density at radius 3 is 1.79 bits per heavy atom. The quantitative estimate of drug-likeness (QED) is 0.189. The molecule has 0 aliphatic rings. The normalized spacial score (nSPS) is 13.5. The van der Waals surface area contributed by atoms with Gasteiger partial charge in [-0.25, -0.2) is 0 Å². The van der Waals surface area contributed by atoms with Crippen molar-refractivity contribution in [1.29, 1.82) is 0 Å². The topological polar surface area (TPSA) is 89.9 Å². The minimum Gasteiger partial charge on any atom is -0.308 e. The molecule has 1 rings (SSSR count). The molecule has 0 saturated heterocycles. The van der Waals surface area contributed by atoms with Gasteiger partial charge >= 0.3 is 7.60 Å². The third kappa shape index (κ3) is 9.75. The number of rotatable bonds is 16. The molecule has 8 heteroatoms. The number of unbranched alkanes of at least 4 members (excludes halogenated alkanes) is 4. The summed E-state index contributed by atoms with van der Waals surface area (Å²) in [7, 11) is -8.50. The smallest absolute Gasteiger partial charge is 0.308 e. The van der Waals surface area contributed by atoms with Crippen molar-refractivity contribution in [2.24, 2.45) is 0 Å². The molecule has 0 spiro atoms. The lowest BCUT2D eigenvalue weighted by Gasteiger charge is -2.24. The average Bonchev–Trinajstić information content (AvgIpc) is 2.65. The number of benzene rings is 1. The van der Waals surface area contributed by atoms with Crippen molar-refractivity contribution in [1.82, 2.24) is 0 Å². The molecule has 0 fully saturated rings. The molecule has 0 aromatic heterocycles. The molecular formula is C21H37O6PS. The Kier molecular flexibility index (Phi) is 12.3. The highest BCUT2D eigenvalue weighted by Gasteiger charge is 2.43. The van der Waals surface area contributed by atoms with E-state index in [-0.39, 0.29) is 19.6 Å². The van der Waals surface area contributed by atoms with E-state index in [9.17, 15) is 17.5 Å². The van der Waals surface area contributed by atoms with Gasteiger partial charge in [-0.05, 0) is 57.1 Å². The maximum absolute atomic E-state index is 12.8. The molecule has 0 radical (unpaired) electrons. The van der Waals surface area contributed by atoms with E-state index in [0.29, 0.717) is 12.8 Å². The van der Waals surface area contributed by atoms with Crippen LogP contribution in [0.3, 0.4) is 0 Å². The van der Waals surface area contributed by atoms with Gasteiger partial charge in [0.1, 0.15) is 0 Å². The van der Waals surface area contributed by atoms with Crippen LogP contribution in [0.25, 0.3) is 0 Å². The summed E-state index contributed by atoms with van der Waals surface area (Å²) < 4.78 is 56.3. The van der Waals surface area contributed by atoms with Gasteiger partial charge in [0, 0.05) is 0 Å². The Morgan fingerprint density at radius 1 is 0.862 bits per heavy atom. The highest BCUT2D eigenvalue weighted by molar-refractivity contribution is 7.94. The summed E-state index contributed by atoms with van der Waals surface area (Å²) in [5.41, 5.74) is 2.38. The van der Waals surface area contributed by atoms with Crippen LogP contribution in [0.2, 0.25) is 0 Å². The van der Waals surface area contributed by atoms with Crippen LogP contribution in [0, 0.1) is 0 Å². The molecule has 29 heavy (non-hydrogen) atoms. The predicted molar refractivity (Wildman–Crippen MR) is 118 cm³/mol. The highest BCUT2D eigenvalue weighted by Crippen LogP contribution is 2.56. The van der Waals surface area contributed by atoms with Crippen molar-refractivity contribution in [3.05, 3.63) is 35.4 Å². The SMILES string of the molecule is CCCCCCCc1ccc(CCCC(P(=O)(OCC)OCC)S(=O)(=O)O)cc1. The van der Waals surface area contributed by atoms with Crippen LogP contribution in [-0.2, 0) is 36.6 Å². The zero-order valence-corrected chi connectivity index (χ0v) is 19.7. The van der Waals surface area contributed by atoms with Crippen LogP contribution in [-0.4, -0.2) is 31.2 Å². The fraction of sp³-hybridized carbons (Fsp3) is 0.714. The van der Waals surface area contributed by atoms with Crippen molar-refractivity contribution < 1.29 is 26.6 Å². The standard InChI is InChI=1S/C21H37O6PS/c1-4-7-8-9-10-12-19-15-17-20(18-16-19)13-11-14-21(29(23,24)25)28(22,26-5-2)27-6-3/h15-18,21H,4-14H2,1-3H3,(H,23,24,25). The van der Waals surface area contributed by atoms with Gasteiger partial charge in [0.25, 0.3) is 10.1 Å². The molecule has 0 heterocycles. The molecule has 0 bridgehead atoms. The minimum absolute atomic E-state index is 0.00922. The van der Waals surface area contributed by atoms with Gasteiger partial charge < -0.3 is 9.05 Å². The second-order valence-electron chi connectivity index (χ2n) is 7.22. The van der Waals surface area contributed by atoms with Crippen LogP contribution in [0.5, 0.6) is 0 Å². The molecule has 168 valence electrons. The fourth-order valence-electron chi connectivity index (χ4n) is 3.32. The van der Waals surface area contributed by atoms with Crippen molar-refractivity contribution in [3.8, 4) is 0 Å². The number of hydrogen-bond acceptors (Lipinski definition) is 5. The molecule has 0 amide bonds. The summed E-state index contributed by atoms with van der Waals surface area (Å²) in [5.74, 6) is 0. The van der Waals surface area contributed by atoms with Crippen molar-refractivity contribution >= 4 is 17.7 Å². The van der Waals surface area contributed by atoms with E-state index < -0.39 is 22.7 Å². The highest BCUT2D eigenvalue weighted by atomic mass is 32.2. The van der Waals surface area contributed by atoms with Crippen LogP contribution in [0.1, 0.15) is 76.8 Å². The summed E-state index contributed by atoms with van der Waals surface area (Å²) >= 11 is 0. The first-order valence-electron chi connectivity index (χ1n) is 10.7. The Hall–Kier alpha value is -0.720. The molecule has 1 N–H and O–H groups in total. The van der Waals surface area contributed by atoms with E-state index in [4.69, 9.17) is 9.05 Å². The van der Waals surface area contributed by atoms with Gasteiger partial charge in [0.2, 0.25) is 0 Å². The van der Waals surface area contributed by atoms with Gasteiger partial charge in [-0.1, -0.05) is 56.9 Å². The minimum atomic E-state index is -4.56. The van der Waals surface area contributed by atoms with Crippen LogP contribution < -0.4 is 0 Å². The van der Waals surface area contributed by atoms with Crippen LogP contribution in [0.4, 0.5) is 0 Å². The van der Waals surface area contributed by atoms with Gasteiger partial charge in [0.05, 0.1) is 13.2 Å². The number of aryl methyl sites for hydroxylation is 2. The summed E-state index contributed by atoms with van der Waals surface area (Å²) in [6.07, 6.45) is 8.44. The van der Waals surface area contributed by atoms with E-state index in [1.165, 1.54) is 37.7 Å². The molecule has 0 saturated carbocycles. The zero-order valence-electron chi connectivity index (χ0n) is 18.0. The lowest BCUT2D eigenvalue weighted by molar-refractivity contribution is 0.215. The Balaban J connectivity index is 2.61. The largest absolute Gasteiger partial charge is 0.351 e. The van der Waals surface area contributed by atoms with Crippen LogP contribution in [0.15, 0.2) is 24.3 Å². The molecule has 1 atom stereocenters. The molecule has 6 nitrogen and oxygen atoms in total. The van der Waals surface area contributed by atoms with Crippen molar-refractivity contribution in [2.45, 2.75) is 83.5 Å². The van der Waals surface area contributed by atoms with Crippen molar-refractivity contribution in [3.63, 3.8) is 0 Å². The maximum Gasteiger partial charge on any atom is 0.351 e. The van der Waals surface area contributed by atoms with Crippen LogP contribution >= 0.6 is 7.60 Å². The van der Waals surface area contributed by atoms with E-state index >= 15 is 0 Å². The van der Waals surface area contributed by atoms with Gasteiger partial charge in [-0.3, -0.25) is 9.12 Å². The first kappa shape index (κ1) is 26.3. The van der Waals surface area contributed by atoms with E-state index in [2.05, 4.69) is 31.2 Å². The van der Waals surface area contributed by atoms with E-state index in [1.807, 2.05) is 0 Å². The van der Waals surface area contributed by atoms with Gasteiger partial charge in [-0.2, -0.15) is 8.42 Å². The first-order chi connectivity index (χ1) is 13.8. The summed E-state index contributed by atoms with van der Waals surface area (Å²) in [6.45, 7) is 5.52. The van der Waals surface area contributed by atoms with Gasteiger partial charge in [0.15, 0.2) is 4.99 Å². The molecular weight excluding hydrogens is 411 g/mol. The van der Waals surface area contributed by atoms with E-state index in [0.717, 1.165) is 12.0 Å².